The van der Waals surface area contributed by atoms with E-state index in [2.05, 4.69) is 27.5 Å². The summed E-state index contributed by atoms with van der Waals surface area (Å²) in [6, 6.07) is 3.99. The molecule has 2 heterocycles. The Bertz CT molecular complexity index is 892. The Kier molecular flexibility index (Phi) is 4.28. The highest BCUT2D eigenvalue weighted by molar-refractivity contribution is 5.81. The van der Waals surface area contributed by atoms with Crippen LogP contribution in [-0.4, -0.2) is 19.1 Å². The number of hydrogen-bond donors (Lipinski definition) is 0. The highest BCUT2D eigenvalue weighted by Crippen LogP contribution is 2.15. The molecule has 0 amide bonds. The molecule has 0 bridgehead atoms. The van der Waals surface area contributed by atoms with Crippen LogP contribution >= 0.6 is 0 Å². The number of nitrogens with zero attached hydrogens (tertiary/aromatic N) is 4. The maximum Gasteiger partial charge on any atom is 0.261 e. The Balaban J connectivity index is 1.81. The summed E-state index contributed by atoms with van der Waals surface area (Å²) in [5.74, 6) is 1.08. The zero-order chi connectivity index (χ0) is 16.4. The van der Waals surface area contributed by atoms with E-state index in [-0.39, 0.29) is 5.56 Å². The second-order valence-corrected chi connectivity index (χ2v) is 5.97. The van der Waals surface area contributed by atoms with Crippen LogP contribution in [-0.2, 0) is 19.5 Å². The lowest BCUT2D eigenvalue weighted by atomic mass is 10.1. The van der Waals surface area contributed by atoms with Crippen LogP contribution in [0.3, 0.4) is 0 Å². The van der Waals surface area contributed by atoms with E-state index in [4.69, 9.17) is 0 Å². The molecule has 0 saturated carbocycles. The summed E-state index contributed by atoms with van der Waals surface area (Å²) in [6.45, 7) is 7.63. The van der Waals surface area contributed by atoms with Gasteiger partial charge in [0.15, 0.2) is 0 Å². The molecule has 3 aromatic rings. The summed E-state index contributed by atoms with van der Waals surface area (Å²) in [6.07, 6.45) is 7.28. The second kappa shape index (κ2) is 6.36. The van der Waals surface area contributed by atoms with E-state index in [1.807, 2.05) is 32.3 Å². The van der Waals surface area contributed by atoms with Crippen molar-refractivity contribution in [2.45, 2.75) is 46.7 Å². The van der Waals surface area contributed by atoms with Crippen molar-refractivity contribution < 1.29 is 0 Å². The first-order valence-electron chi connectivity index (χ1n) is 8.06. The van der Waals surface area contributed by atoms with Crippen molar-refractivity contribution in [3.63, 3.8) is 0 Å². The minimum atomic E-state index is 0.0446. The lowest BCUT2D eigenvalue weighted by molar-refractivity contribution is 0.538. The molecule has 5 nitrogen and oxygen atoms in total. The molecule has 0 saturated heterocycles. The third kappa shape index (κ3) is 3.04. The number of aryl methyl sites for hydroxylation is 5. The molecule has 120 valence electrons. The second-order valence-electron chi connectivity index (χ2n) is 5.97. The predicted molar refractivity (Wildman–Crippen MR) is 91.7 cm³/mol. The molecule has 0 aliphatic carbocycles. The number of hydrogen-bond acceptors (Lipinski definition) is 3. The first-order chi connectivity index (χ1) is 11.1. The molecular weight excluding hydrogens is 288 g/mol. The van der Waals surface area contributed by atoms with E-state index >= 15 is 0 Å². The lowest BCUT2D eigenvalue weighted by Crippen LogP contribution is -2.22. The molecule has 0 unspecified atom stereocenters. The van der Waals surface area contributed by atoms with E-state index in [1.54, 1.807) is 10.9 Å². The van der Waals surface area contributed by atoms with E-state index in [1.165, 1.54) is 0 Å². The molecule has 0 aliphatic rings. The van der Waals surface area contributed by atoms with E-state index in [9.17, 15) is 4.79 Å². The van der Waals surface area contributed by atoms with Crippen LogP contribution in [0.4, 0.5) is 0 Å². The first kappa shape index (κ1) is 15.5. The van der Waals surface area contributed by atoms with E-state index in [0.29, 0.717) is 11.9 Å². The first-order valence-corrected chi connectivity index (χ1v) is 8.06. The SMILES string of the molecule is CCc1nccn1CCCn1cnc2c(C)cc(C)cc2c1=O. The predicted octanol–water partition coefficient (Wildman–Crippen LogP) is 2.86. The summed E-state index contributed by atoms with van der Waals surface area (Å²) in [5.41, 5.74) is 3.00. The zero-order valence-corrected chi connectivity index (χ0v) is 13.9. The van der Waals surface area contributed by atoms with Crippen molar-refractivity contribution in [1.82, 2.24) is 19.1 Å². The molecular formula is C18H22N4O. The molecule has 2 aromatic heterocycles. The maximum absolute atomic E-state index is 12.7. The van der Waals surface area contributed by atoms with Crippen molar-refractivity contribution in [2.75, 3.05) is 0 Å². The van der Waals surface area contributed by atoms with Crippen molar-refractivity contribution in [2.24, 2.45) is 0 Å². The van der Waals surface area contributed by atoms with E-state index < -0.39 is 0 Å². The molecule has 23 heavy (non-hydrogen) atoms. The van der Waals surface area contributed by atoms with Gasteiger partial charge in [-0.1, -0.05) is 13.0 Å². The van der Waals surface area contributed by atoms with Gasteiger partial charge in [-0.15, -0.1) is 0 Å². The fourth-order valence-electron chi connectivity index (χ4n) is 3.06. The average molecular weight is 310 g/mol. The van der Waals surface area contributed by atoms with Crippen molar-refractivity contribution in [1.29, 1.82) is 0 Å². The van der Waals surface area contributed by atoms with Gasteiger partial charge in [-0.2, -0.15) is 0 Å². The van der Waals surface area contributed by atoms with E-state index in [0.717, 1.165) is 41.9 Å². The number of imidazole rings is 1. The molecule has 5 heteroatoms. The standard InChI is InChI=1S/C18H22N4O/c1-4-16-19-6-9-21(16)7-5-8-22-12-20-17-14(3)10-13(2)11-15(17)18(22)23/h6,9-12H,4-5,7-8H2,1-3H3. The summed E-state index contributed by atoms with van der Waals surface area (Å²) < 4.78 is 3.86. The molecule has 3 rings (SSSR count). The fraction of sp³-hybridized carbons (Fsp3) is 0.389. The largest absolute Gasteiger partial charge is 0.335 e. The lowest BCUT2D eigenvalue weighted by Gasteiger charge is -2.10. The third-order valence-electron chi connectivity index (χ3n) is 4.18. The van der Waals surface area contributed by atoms with Gasteiger partial charge in [-0.05, 0) is 37.5 Å². The minimum Gasteiger partial charge on any atom is -0.335 e. The van der Waals surface area contributed by atoms with Crippen LogP contribution in [0, 0.1) is 13.8 Å². The summed E-state index contributed by atoms with van der Waals surface area (Å²) in [4.78, 5) is 21.4. The fourth-order valence-corrected chi connectivity index (χ4v) is 3.06. The summed E-state index contributed by atoms with van der Waals surface area (Å²) in [7, 11) is 0. The summed E-state index contributed by atoms with van der Waals surface area (Å²) >= 11 is 0. The van der Waals surface area contributed by atoms with Crippen LogP contribution in [0.5, 0.6) is 0 Å². The van der Waals surface area contributed by atoms with Crippen LogP contribution < -0.4 is 5.56 Å². The molecule has 0 spiro atoms. The van der Waals surface area contributed by atoms with Crippen molar-refractivity contribution in [3.05, 3.63) is 58.2 Å². The normalized spacial score (nSPS) is 11.3. The average Bonchev–Trinajstić information content (AvgIpc) is 2.97. The molecule has 0 aliphatic heterocycles. The maximum atomic E-state index is 12.7. The Morgan fingerprint density at radius 1 is 1.09 bits per heavy atom. The van der Waals surface area contributed by atoms with Gasteiger partial charge in [-0.25, -0.2) is 9.97 Å². The van der Waals surface area contributed by atoms with Gasteiger partial charge in [0.2, 0.25) is 0 Å². The van der Waals surface area contributed by atoms with Crippen molar-refractivity contribution >= 4 is 10.9 Å². The smallest absolute Gasteiger partial charge is 0.261 e. The number of rotatable bonds is 5. The Morgan fingerprint density at radius 3 is 2.65 bits per heavy atom. The number of benzene rings is 1. The Labute approximate surface area is 135 Å². The monoisotopic (exact) mass is 310 g/mol. The molecule has 0 atom stereocenters. The molecule has 0 N–H and O–H groups in total. The highest BCUT2D eigenvalue weighted by Gasteiger charge is 2.07. The van der Waals surface area contributed by atoms with Crippen LogP contribution in [0.25, 0.3) is 10.9 Å². The van der Waals surface area contributed by atoms with Crippen LogP contribution in [0.1, 0.15) is 30.3 Å². The summed E-state index contributed by atoms with van der Waals surface area (Å²) in [5, 5.41) is 0.710. The van der Waals surface area contributed by atoms with Gasteiger partial charge in [0.1, 0.15) is 5.82 Å². The van der Waals surface area contributed by atoms with Crippen molar-refractivity contribution in [3.8, 4) is 0 Å². The van der Waals surface area contributed by atoms with Gasteiger partial charge in [0.25, 0.3) is 5.56 Å². The number of aromatic nitrogens is 4. The minimum absolute atomic E-state index is 0.0446. The topological polar surface area (TPSA) is 52.7 Å². The van der Waals surface area contributed by atoms with Gasteiger partial charge in [0.05, 0.1) is 17.2 Å². The highest BCUT2D eigenvalue weighted by atomic mass is 16.1. The van der Waals surface area contributed by atoms with Crippen LogP contribution in [0.15, 0.2) is 35.6 Å². The third-order valence-corrected chi connectivity index (χ3v) is 4.18. The van der Waals surface area contributed by atoms with Gasteiger partial charge >= 0.3 is 0 Å². The van der Waals surface area contributed by atoms with Gasteiger partial charge < -0.3 is 4.57 Å². The Morgan fingerprint density at radius 2 is 1.87 bits per heavy atom. The molecule has 0 radical (unpaired) electrons. The Hall–Kier alpha value is -2.43. The van der Waals surface area contributed by atoms with Crippen LogP contribution in [0.2, 0.25) is 0 Å². The molecule has 0 fully saturated rings. The van der Waals surface area contributed by atoms with Gasteiger partial charge in [0, 0.05) is 31.9 Å². The van der Waals surface area contributed by atoms with Gasteiger partial charge in [-0.3, -0.25) is 9.36 Å². The molecule has 1 aromatic carbocycles. The number of fused-ring (bicyclic) bond motifs is 1. The zero-order valence-electron chi connectivity index (χ0n) is 13.9. The quantitative estimate of drug-likeness (QED) is 0.728.